The van der Waals surface area contributed by atoms with Crippen LogP contribution in [0.3, 0.4) is 0 Å². The smallest absolute Gasteiger partial charge is 0.222 e. The van der Waals surface area contributed by atoms with Crippen LogP contribution < -0.4 is 15.8 Å². The highest BCUT2D eigenvalue weighted by molar-refractivity contribution is 5.59. The Morgan fingerprint density at radius 2 is 2.11 bits per heavy atom. The van der Waals surface area contributed by atoms with E-state index in [4.69, 9.17) is 10.5 Å². The average Bonchev–Trinajstić information content (AvgIpc) is 2.28. The SMILES string of the molecule is CCOc1cccc(Nc2cc(C)nc(N)n2)c1. The first-order chi connectivity index (χ1) is 8.67. The van der Waals surface area contributed by atoms with Crippen LogP contribution in [0, 0.1) is 6.92 Å². The number of nitrogens with one attached hydrogen (secondary N) is 1. The summed E-state index contributed by atoms with van der Waals surface area (Å²) in [7, 11) is 0. The van der Waals surface area contributed by atoms with Gasteiger partial charge in [0.15, 0.2) is 0 Å². The van der Waals surface area contributed by atoms with Gasteiger partial charge in [-0.25, -0.2) is 4.98 Å². The molecule has 94 valence electrons. The zero-order chi connectivity index (χ0) is 13.0. The molecule has 0 radical (unpaired) electrons. The maximum Gasteiger partial charge on any atom is 0.222 e. The first-order valence-corrected chi connectivity index (χ1v) is 5.78. The summed E-state index contributed by atoms with van der Waals surface area (Å²) in [4.78, 5) is 8.14. The summed E-state index contributed by atoms with van der Waals surface area (Å²) in [5.41, 5.74) is 7.33. The number of benzene rings is 1. The number of rotatable bonds is 4. The van der Waals surface area contributed by atoms with Crippen LogP contribution >= 0.6 is 0 Å². The van der Waals surface area contributed by atoms with Crippen molar-refractivity contribution >= 4 is 17.5 Å². The summed E-state index contributed by atoms with van der Waals surface area (Å²) in [6, 6.07) is 9.52. The number of ether oxygens (including phenoxy) is 1. The van der Waals surface area contributed by atoms with E-state index in [-0.39, 0.29) is 5.95 Å². The molecule has 2 rings (SSSR count). The second kappa shape index (κ2) is 5.35. The van der Waals surface area contributed by atoms with E-state index in [9.17, 15) is 0 Å². The highest BCUT2D eigenvalue weighted by atomic mass is 16.5. The van der Waals surface area contributed by atoms with E-state index in [2.05, 4.69) is 15.3 Å². The number of aromatic nitrogens is 2. The molecule has 0 fully saturated rings. The second-order valence-electron chi connectivity index (χ2n) is 3.84. The molecule has 0 saturated carbocycles. The lowest BCUT2D eigenvalue weighted by Crippen LogP contribution is -2.01. The van der Waals surface area contributed by atoms with Crippen molar-refractivity contribution in [1.29, 1.82) is 0 Å². The summed E-state index contributed by atoms with van der Waals surface area (Å²) in [6.07, 6.45) is 0. The van der Waals surface area contributed by atoms with Crippen LogP contribution in [0.15, 0.2) is 30.3 Å². The normalized spacial score (nSPS) is 10.1. The van der Waals surface area contributed by atoms with Crippen molar-refractivity contribution in [1.82, 2.24) is 9.97 Å². The van der Waals surface area contributed by atoms with E-state index in [1.807, 2.05) is 44.2 Å². The summed E-state index contributed by atoms with van der Waals surface area (Å²) in [5.74, 6) is 1.76. The zero-order valence-corrected chi connectivity index (χ0v) is 10.5. The Balaban J connectivity index is 2.20. The molecule has 0 bridgehead atoms. The van der Waals surface area contributed by atoms with Crippen molar-refractivity contribution in [3.05, 3.63) is 36.0 Å². The molecule has 1 aromatic carbocycles. The van der Waals surface area contributed by atoms with Crippen LogP contribution in [0.25, 0.3) is 0 Å². The number of aryl methyl sites for hydroxylation is 1. The van der Waals surface area contributed by atoms with Gasteiger partial charge in [-0.2, -0.15) is 4.98 Å². The predicted molar refractivity (Wildman–Crippen MR) is 72.1 cm³/mol. The van der Waals surface area contributed by atoms with Gasteiger partial charge in [-0.1, -0.05) is 6.07 Å². The minimum Gasteiger partial charge on any atom is -0.494 e. The fourth-order valence-electron chi connectivity index (χ4n) is 1.63. The predicted octanol–water partition coefficient (Wildman–Crippen LogP) is 2.51. The van der Waals surface area contributed by atoms with Crippen LogP contribution in [0.5, 0.6) is 5.75 Å². The highest BCUT2D eigenvalue weighted by Crippen LogP contribution is 2.21. The molecule has 2 aromatic rings. The topological polar surface area (TPSA) is 73.1 Å². The molecule has 0 atom stereocenters. The van der Waals surface area contributed by atoms with E-state index < -0.39 is 0 Å². The zero-order valence-electron chi connectivity index (χ0n) is 10.5. The fraction of sp³-hybridized carbons (Fsp3) is 0.231. The molecule has 0 aliphatic heterocycles. The van der Waals surface area contributed by atoms with Crippen LogP contribution in [0.1, 0.15) is 12.6 Å². The third kappa shape index (κ3) is 3.10. The summed E-state index contributed by atoms with van der Waals surface area (Å²) >= 11 is 0. The molecule has 0 aliphatic rings. The molecular weight excluding hydrogens is 228 g/mol. The van der Waals surface area contributed by atoms with Gasteiger partial charge in [0.2, 0.25) is 5.95 Å². The first-order valence-electron chi connectivity index (χ1n) is 5.78. The van der Waals surface area contributed by atoms with Crippen LogP contribution in [-0.4, -0.2) is 16.6 Å². The Labute approximate surface area is 106 Å². The van der Waals surface area contributed by atoms with E-state index in [0.717, 1.165) is 17.1 Å². The van der Waals surface area contributed by atoms with E-state index in [1.165, 1.54) is 0 Å². The number of nitrogens with two attached hydrogens (primary N) is 1. The average molecular weight is 244 g/mol. The Morgan fingerprint density at radius 3 is 2.83 bits per heavy atom. The summed E-state index contributed by atoms with van der Waals surface area (Å²) in [5, 5.41) is 3.17. The molecule has 3 N–H and O–H groups in total. The van der Waals surface area contributed by atoms with Gasteiger partial charge >= 0.3 is 0 Å². The molecule has 5 heteroatoms. The lowest BCUT2D eigenvalue weighted by molar-refractivity contribution is 0.340. The third-order valence-corrected chi connectivity index (χ3v) is 2.29. The van der Waals surface area contributed by atoms with Crippen molar-refractivity contribution in [2.75, 3.05) is 17.7 Å². The Morgan fingerprint density at radius 1 is 1.28 bits per heavy atom. The van der Waals surface area contributed by atoms with Crippen molar-refractivity contribution in [3.63, 3.8) is 0 Å². The van der Waals surface area contributed by atoms with Crippen molar-refractivity contribution in [2.24, 2.45) is 0 Å². The standard InChI is InChI=1S/C13H16N4O/c1-3-18-11-6-4-5-10(8-11)16-12-7-9(2)15-13(14)17-12/h4-8H,3H2,1-2H3,(H3,14,15,16,17). The van der Waals surface area contributed by atoms with Gasteiger partial charge in [0.05, 0.1) is 6.61 Å². The number of hydrogen-bond donors (Lipinski definition) is 2. The fourth-order valence-corrected chi connectivity index (χ4v) is 1.63. The van der Waals surface area contributed by atoms with Crippen molar-refractivity contribution in [3.8, 4) is 5.75 Å². The molecule has 0 unspecified atom stereocenters. The number of hydrogen-bond acceptors (Lipinski definition) is 5. The highest BCUT2D eigenvalue weighted by Gasteiger charge is 2.01. The molecule has 0 spiro atoms. The molecular formula is C13H16N4O. The molecule has 0 aliphatic carbocycles. The minimum absolute atomic E-state index is 0.262. The largest absolute Gasteiger partial charge is 0.494 e. The van der Waals surface area contributed by atoms with Gasteiger partial charge in [0.1, 0.15) is 11.6 Å². The quantitative estimate of drug-likeness (QED) is 0.864. The first kappa shape index (κ1) is 12.2. The molecule has 1 aromatic heterocycles. The summed E-state index contributed by atoms with van der Waals surface area (Å²) < 4.78 is 5.43. The van der Waals surface area contributed by atoms with Gasteiger partial charge in [-0.3, -0.25) is 0 Å². The molecule has 5 nitrogen and oxygen atoms in total. The van der Waals surface area contributed by atoms with Gasteiger partial charge in [0, 0.05) is 23.5 Å². The number of anilines is 3. The van der Waals surface area contributed by atoms with Crippen molar-refractivity contribution in [2.45, 2.75) is 13.8 Å². The summed E-state index contributed by atoms with van der Waals surface area (Å²) in [6.45, 7) is 4.47. The van der Waals surface area contributed by atoms with Crippen LogP contribution in [-0.2, 0) is 0 Å². The van der Waals surface area contributed by atoms with E-state index in [0.29, 0.717) is 12.4 Å². The van der Waals surface area contributed by atoms with Gasteiger partial charge in [-0.05, 0) is 26.0 Å². The lowest BCUT2D eigenvalue weighted by Gasteiger charge is -2.09. The maximum atomic E-state index is 5.60. The van der Waals surface area contributed by atoms with Crippen LogP contribution in [0.4, 0.5) is 17.5 Å². The van der Waals surface area contributed by atoms with Gasteiger partial charge in [0.25, 0.3) is 0 Å². The Hall–Kier alpha value is -2.30. The monoisotopic (exact) mass is 244 g/mol. The Bertz CT molecular complexity index is 522. The number of nitrogen functional groups attached to an aromatic ring is 1. The number of nitrogens with zero attached hydrogens (tertiary/aromatic N) is 2. The van der Waals surface area contributed by atoms with Crippen molar-refractivity contribution < 1.29 is 4.74 Å². The lowest BCUT2D eigenvalue weighted by atomic mass is 10.3. The minimum atomic E-state index is 0.262. The van der Waals surface area contributed by atoms with Gasteiger partial charge < -0.3 is 15.8 Å². The molecule has 0 saturated heterocycles. The maximum absolute atomic E-state index is 5.60. The second-order valence-corrected chi connectivity index (χ2v) is 3.84. The molecule has 0 amide bonds. The molecule has 18 heavy (non-hydrogen) atoms. The van der Waals surface area contributed by atoms with Gasteiger partial charge in [-0.15, -0.1) is 0 Å². The molecule has 1 heterocycles. The van der Waals surface area contributed by atoms with E-state index >= 15 is 0 Å². The van der Waals surface area contributed by atoms with Crippen LogP contribution in [0.2, 0.25) is 0 Å². The van der Waals surface area contributed by atoms with E-state index in [1.54, 1.807) is 0 Å². The Kier molecular flexibility index (Phi) is 3.62. The third-order valence-electron chi connectivity index (χ3n) is 2.29.